The zero-order valence-electron chi connectivity index (χ0n) is 11.6. The number of sulfonamides is 1. The molecule has 19 heavy (non-hydrogen) atoms. The van der Waals surface area contributed by atoms with Gasteiger partial charge in [0.2, 0.25) is 10.0 Å². The first-order chi connectivity index (χ1) is 8.84. The minimum absolute atomic E-state index is 0.241. The van der Waals surface area contributed by atoms with Gasteiger partial charge in [0.25, 0.3) is 0 Å². The zero-order valence-corrected chi connectivity index (χ0v) is 12.4. The standard InChI is InChI=1S/C13H21FN2O2S/c1-4-6-7-16(5-2)19(17,18)12-9-11(15)8-10(3)13(12)14/h8-9H,4-7,15H2,1-3H3. The number of nitrogens with two attached hydrogens (primary N) is 1. The van der Waals surface area contributed by atoms with Gasteiger partial charge in [0.15, 0.2) is 0 Å². The van der Waals surface area contributed by atoms with Crippen LogP contribution in [0.1, 0.15) is 32.3 Å². The van der Waals surface area contributed by atoms with Gasteiger partial charge >= 0.3 is 0 Å². The molecule has 0 unspecified atom stereocenters. The van der Waals surface area contributed by atoms with E-state index in [0.717, 1.165) is 12.8 Å². The maximum Gasteiger partial charge on any atom is 0.246 e. The van der Waals surface area contributed by atoms with Crippen molar-refractivity contribution in [3.8, 4) is 0 Å². The van der Waals surface area contributed by atoms with Crippen LogP contribution in [0.25, 0.3) is 0 Å². The van der Waals surface area contributed by atoms with Crippen LogP contribution >= 0.6 is 0 Å². The molecule has 0 aliphatic heterocycles. The molecule has 1 rings (SSSR count). The maximum absolute atomic E-state index is 14.0. The Morgan fingerprint density at radius 2 is 1.95 bits per heavy atom. The summed E-state index contributed by atoms with van der Waals surface area (Å²) >= 11 is 0. The van der Waals surface area contributed by atoms with Gasteiger partial charge in [-0.1, -0.05) is 20.3 Å². The summed E-state index contributed by atoms with van der Waals surface area (Å²) in [7, 11) is -3.82. The Labute approximate surface area is 114 Å². The summed E-state index contributed by atoms with van der Waals surface area (Å²) in [4.78, 5) is -0.331. The lowest BCUT2D eigenvalue weighted by Gasteiger charge is -2.21. The van der Waals surface area contributed by atoms with Crippen LogP contribution in [-0.2, 0) is 10.0 Å². The van der Waals surface area contributed by atoms with E-state index in [1.54, 1.807) is 6.92 Å². The highest BCUT2D eigenvalue weighted by atomic mass is 32.2. The predicted molar refractivity (Wildman–Crippen MR) is 74.9 cm³/mol. The van der Waals surface area contributed by atoms with E-state index in [-0.39, 0.29) is 16.1 Å². The lowest BCUT2D eigenvalue weighted by atomic mass is 10.2. The van der Waals surface area contributed by atoms with Gasteiger partial charge in [-0.2, -0.15) is 4.31 Å². The van der Waals surface area contributed by atoms with E-state index in [4.69, 9.17) is 5.73 Å². The Balaban J connectivity index is 3.25. The fourth-order valence-corrected chi connectivity index (χ4v) is 3.53. The van der Waals surface area contributed by atoms with Crippen LogP contribution < -0.4 is 5.73 Å². The number of halogens is 1. The van der Waals surface area contributed by atoms with Gasteiger partial charge in [0.1, 0.15) is 10.7 Å². The largest absolute Gasteiger partial charge is 0.399 e. The van der Waals surface area contributed by atoms with Crippen LogP contribution in [0, 0.1) is 12.7 Å². The first kappa shape index (κ1) is 15.9. The van der Waals surface area contributed by atoms with E-state index in [2.05, 4.69) is 0 Å². The Morgan fingerprint density at radius 1 is 1.32 bits per heavy atom. The first-order valence-corrected chi connectivity index (χ1v) is 7.84. The molecule has 0 saturated carbocycles. The molecule has 0 atom stereocenters. The van der Waals surface area contributed by atoms with E-state index < -0.39 is 15.8 Å². The second kappa shape index (κ2) is 6.34. The van der Waals surface area contributed by atoms with Crippen LogP contribution in [0.3, 0.4) is 0 Å². The van der Waals surface area contributed by atoms with Crippen molar-refractivity contribution in [2.45, 2.75) is 38.5 Å². The fraction of sp³-hybridized carbons (Fsp3) is 0.538. The van der Waals surface area contributed by atoms with E-state index in [9.17, 15) is 12.8 Å². The van der Waals surface area contributed by atoms with Gasteiger partial charge in [-0.3, -0.25) is 0 Å². The highest BCUT2D eigenvalue weighted by Gasteiger charge is 2.27. The van der Waals surface area contributed by atoms with Crippen LogP contribution in [0.15, 0.2) is 17.0 Å². The number of hydrogen-bond acceptors (Lipinski definition) is 3. The summed E-state index contributed by atoms with van der Waals surface area (Å²) in [6.45, 7) is 5.93. The molecular formula is C13H21FN2O2S. The molecule has 0 fully saturated rings. The monoisotopic (exact) mass is 288 g/mol. The third-order valence-electron chi connectivity index (χ3n) is 2.98. The molecule has 0 aromatic heterocycles. The van der Waals surface area contributed by atoms with E-state index in [1.807, 2.05) is 6.92 Å². The molecule has 4 nitrogen and oxygen atoms in total. The van der Waals surface area contributed by atoms with Crippen molar-refractivity contribution in [3.63, 3.8) is 0 Å². The van der Waals surface area contributed by atoms with Crippen LogP contribution in [-0.4, -0.2) is 25.8 Å². The van der Waals surface area contributed by atoms with E-state index in [1.165, 1.54) is 23.4 Å². The van der Waals surface area contributed by atoms with Crippen molar-refractivity contribution in [1.82, 2.24) is 4.31 Å². The lowest BCUT2D eigenvalue weighted by Crippen LogP contribution is -2.32. The second-order valence-electron chi connectivity index (χ2n) is 4.50. The molecule has 0 bridgehead atoms. The van der Waals surface area contributed by atoms with E-state index >= 15 is 0 Å². The average Bonchev–Trinajstić information content (AvgIpc) is 2.34. The van der Waals surface area contributed by atoms with Crippen molar-refractivity contribution in [1.29, 1.82) is 0 Å². The number of nitrogen functional groups attached to an aromatic ring is 1. The fourth-order valence-electron chi connectivity index (χ4n) is 1.87. The number of benzene rings is 1. The quantitative estimate of drug-likeness (QED) is 0.818. The first-order valence-electron chi connectivity index (χ1n) is 6.40. The number of rotatable bonds is 6. The number of unbranched alkanes of at least 4 members (excludes halogenated alkanes) is 1. The van der Waals surface area contributed by atoms with Gasteiger partial charge in [0.05, 0.1) is 0 Å². The number of hydrogen-bond donors (Lipinski definition) is 1. The summed E-state index contributed by atoms with van der Waals surface area (Å²) in [6, 6.07) is 2.61. The molecule has 6 heteroatoms. The minimum atomic E-state index is -3.82. The van der Waals surface area contributed by atoms with Crippen LogP contribution in [0.5, 0.6) is 0 Å². The summed E-state index contributed by atoms with van der Waals surface area (Å²) in [5.74, 6) is -0.718. The summed E-state index contributed by atoms with van der Waals surface area (Å²) in [5.41, 5.74) is 6.11. The highest BCUT2D eigenvalue weighted by molar-refractivity contribution is 7.89. The molecule has 0 radical (unpaired) electrons. The van der Waals surface area contributed by atoms with Gasteiger partial charge < -0.3 is 5.73 Å². The molecule has 1 aromatic carbocycles. The lowest BCUT2D eigenvalue weighted by molar-refractivity contribution is 0.415. The SMILES string of the molecule is CCCCN(CC)S(=O)(=O)c1cc(N)cc(C)c1F. The van der Waals surface area contributed by atoms with Crippen molar-refractivity contribution >= 4 is 15.7 Å². The predicted octanol–water partition coefficient (Wildman–Crippen LogP) is 2.53. The van der Waals surface area contributed by atoms with Gasteiger partial charge in [-0.15, -0.1) is 0 Å². The van der Waals surface area contributed by atoms with Crippen molar-refractivity contribution in [2.75, 3.05) is 18.8 Å². The molecule has 0 amide bonds. The molecule has 2 N–H and O–H groups in total. The van der Waals surface area contributed by atoms with Crippen LogP contribution in [0.4, 0.5) is 10.1 Å². The van der Waals surface area contributed by atoms with E-state index in [0.29, 0.717) is 13.1 Å². The Hall–Kier alpha value is -1.14. The molecule has 0 saturated heterocycles. The molecule has 0 aliphatic rings. The normalized spacial score (nSPS) is 12.1. The molecule has 0 heterocycles. The van der Waals surface area contributed by atoms with Gasteiger partial charge in [-0.25, -0.2) is 12.8 Å². The van der Waals surface area contributed by atoms with Gasteiger partial charge in [-0.05, 0) is 31.0 Å². The third kappa shape index (κ3) is 3.45. The second-order valence-corrected chi connectivity index (χ2v) is 6.41. The number of anilines is 1. The van der Waals surface area contributed by atoms with Crippen molar-refractivity contribution in [2.24, 2.45) is 0 Å². The molecule has 0 spiro atoms. The Morgan fingerprint density at radius 3 is 2.47 bits per heavy atom. The maximum atomic E-state index is 14.0. The van der Waals surface area contributed by atoms with Crippen molar-refractivity contribution in [3.05, 3.63) is 23.5 Å². The molecular weight excluding hydrogens is 267 g/mol. The smallest absolute Gasteiger partial charge is 0.246 e. The summed E-state index contributed by atoms with van der Waals surface area (Å²) < 4.78 is 40.2. The summed E-state index contributed by atoms with van der Waals surface area (Å²) in [5, 5.41) is 0. The topological polar surface area (TPSA) is 63.4 Å². The Kier molecular flexibility index (Phi) is 5.31. The number of nitrogens with zero attached hydrogens (tertiary/aromatic N) is 1. The zero-order chi connectivity index (χ0) is 14.6. The Bertz CT molecular complexity index is 544. The number of aryl methyl sites for hydroxylation is 1. The molecule has 0 aliphatic carbocycles. The van der Waals surface area contributed by atoms with Gasteiger partial charge in [0, 0.05) is 18.8 Å². The average molecular weight is 288 g/mol. The summed E-state index contributed by atoms with van der Waals surface area (Å²) in [6.07, 6.45) is 1.63. The third-order valence-corrected chi connectivity index (χ3v) is 4.95. The van der Waals surface area contributed by atoms with Crippen molar-refractivity contribution < 1.29 is 12.8 Å². The molecule has 108 valence electrons. The minimum Gasteiger partial charge on any atom is -0.399 e. The molecule has 1 aromatic rings. The van der Waals surface area contributed by atoms with Crippen LogP contribution in [0.2, 0.25) is 0 Å². The highest BCUT2D eigenvalue weighted by Crippen LogP contribution is 2.24.